The molecular weight excluding hydrogens is 436 g/mol. The van der Waals surface area contributed by atoms with Crippen molar-refractivity contribution in [2.24, 2.45) is 5.92 Å². The van der Waals surface area contributed by atoms with Crippen molar-refractivity contribution < 1.29 is 8.78 Å². The first-order chi connectivity index (χ1) is 16.4. The third-order valence-electron chi connectivity index (χ3n) is 5.71. The zero-order valence-corrected chi connectivity index (χ0v) is 19.7. The maximum absolute atomic E-state index is 14.5. The van der Waals surface area contributed by atoms with Gasteiger partial charge in [-0.1, -0.05) is 69.3 Å². The third-order valence-corrected chi connectivity index (χ3v) is 5.71. The van der Waals surface area contributed by atoms with Gasteiger partial charge in [-0.2, -0.15) is 8.78 Å². The molecule has 0 radical (unpaired) electrons. The molecule has 0 fully saturated rings. The van der Waals surface area contributed by atoms with Crippen LogP contribution in [0.2, 0.25) is 0 Å². The minimum atomic E-state index is -3.02. The highest BCUT2D eigenvalue weighted by Gasteiger charge is 2.36. The maximum atomic E-state index is 14.5. The number of aromatic amines is 1. The molecule has 7 nitrogen and oxygen atoms in total. The van der Waals surface area contributed by atoms with E-state index in [-0.39, 0.29) is 12.2 Å². The Balaban J connectivity index is 1.60. The number of aromatic nitrogens is 7. The molecule has 0 aliphatic heterocycles. The van der Waals surface area contributed by atoms with E-state index in [4.69, 9.17) is 0 Å². The number of benzene rings is 2. The first kappa shape index (κ1) is 23.7. The zero-order chi connectivity index (χ0) is 24.1. The highest BCUT2D eigenvalue weighted by molar-refractivity contribution is 5.80. The Labute approximate surface area is 197 Å². The Morgan fingerprint density at radius 2 is 1.76 bits per heavy atom. The largest absolute Gasteiger partial charge is 0.308 e. The molecule has 2 heterocycles. The molecule has 4 rings (SSSR count). The summed E-state index contributed by atoms with van der Waals surface area (Å²) < 4.78 is 30.7. The molecule has 0 bridgehead atoms. The van der Waals surface area contributed by atoms with Crippen LogP contribution < -0.4 is 0 Å². The number of aryl methyl sites for hydroxylation is 1. The number of H-pyrrole nitrogens is 1. The number of alkyl halides is 2. The molecule has 0 amide bonds. The van der Waals surface area contributed by atoms with Crippen molar-refractivity contribution in [3.8, 4) is 22.5 Å². The summed E-state index contributed by atoms with van der Waals surface area (Å²) in [6.45, 7) is 6.52. The summed E-state index contributed by atoms with van der Waals surface area (Å²) in [6, 6.07) is 15.9. The van der Waals surface area contributed by atoms with Gasteiger partial charge in [0.05, 0.1) is 0 Å². The average Bonchev–Trinajstić information content (AvgIpc) is 3.49. The van der Waals surface area contributed by atoms with Crippen LogP contribution >= 0.6 is 0 Å². The molecule has 0 atom stereocenters. The van der Waals surface area contributed by atoms with Crippen LogP contribution in [0.25, 0.3) is 22.5 Å². The summed E-state index contributed by atoms with van der Waals surface area (Å²) in [7, 11) is 0. The molecule has 1 N–H and O–H groups in total. The van der Waals surface area contributed by atoms with Gasteiger partial charge in [0.25, 0.3) is 0 Å². The molecule has 2 aromatic heterocycles. The van der Waals surface area contributed by atoms with E-state index in [1.165, 1.54) is 0 Å². The Kier molecular flexibility index (Phi) is 7.09. The lowest BCUT2D eigenvalue weighted by molar-refractivity contribution is -0.0232. The Morgan fingerprint density at radius 3 is 2.41 bits per heavy atom. The van der Waals surface area contributed by atoms with Gasteiger partial charge < -0.3 is 0 Å². The summed E-state index contributed by atoms with van der Waals surface area (Å²) in [6.07, 6.45) is 1.40. The van der Waals surface area contributed by atoms with E-state index in [0.717, 1.165) is 28.7 Å². The molecule has 0 saturated heterocycles. The minimum Gasteiger partial charge on any atom is -0.249 e. The normalized spacial score (nSPS) is 11.9. The van der Waals surface area contributed by atoms with Crippen LogP contribution in [0.1, 0.15) is 57.2 Å². The van der Waals surface area contributed by atoms with Crippen molar-refractivity contribution in [3.05, 3.63) is 65.7 Å². The van der Waals surface area contributed by atoms with E-state index >= 15 is 0 Å². The van der Waals surface area contributed by atoms with Crippen LogP contribution in [0.3, 0.4) is 0 Å². The van der Waals surface area contributed by atoms with Gasteiger partial charge in [0.1, 0.15) is 5.82 Å². The second-order valence-electron chi connectivity index (χ2n) is 8.88. The molecular formula is C25H29F2N7. The van der Waals surface area contributed by atoms with Gasteiger partial charge in [0, 0.05) is 24.9 Å². The number of nitrogens with zero attached hydrogens (tertiary/aromatic N) is 6. The van der Waals surface area contributed by atoms with Crippen LogP contribution in [0.15, 0.2) is 48.5 Å². The van der Waals surface area contributed by atoms with Gasteiger partial charge in [-0.3, -0.25) is 0 Å². The standard InChI is InChI=1S/C25H29F2N7/c1-4-14-25(26,27)24-28-22(34(31-24)15-13-17(2)3)16-18-9-11-19(12-10-18)20-7-5-6-8-21(20)23-29-32-33-30-23/h5-12,17H,4,13-16H2,1-3H3,(H,29,30,32,33). The third kappa shape index (κ3) is 5.35. The number of rotatable bonds is 10. The number of tetrazole rings is 1. The predicted octanol–water partition coefficient (Wildman–Crippen LogP) is 5.65. The van der Waals surface area contributed by atoms with Crippen molar-refractivity contribution >= 4 is 0 Å². The van der Waals surface area contributed by atoms with Crippen molar-refractivity contribution in [1.29, 1.82) is 0 Å². The van der Waals surface area contributed by atoms with E-state index in [2.05, 4.69) is 44.6 Å². The van der Waals surface area contributed by atoms with Crippen LogP contribution in [-0.4, -0.2) is 35.4 Å². The molecule has 0 saturated carbocycles. The Hall–Kier alpha value is -3.49. The smallest absolute Gasteiger partial charge is 0.249 e. The lowest BCUT2D eigenvalue weighted by Gasteiger charge is -2.10. The van der Waals surface area contributed by atoms with Gasteiger partial charge in [-0.05, 0) is 45.9 Å². The predicted molar refractivity (Wildman–Crippen MR) is 126 cm³/mol. The second kappa shape index (κ2) is 10.2. The molecule has 178 valence electrons. The molecule has 34 heavy (non-hydrogen) atoms. The SMILES string of the molecule is CCCC(F)(F)c1nc(Cc2ccc(-c3ccccc3-c3nnn[nH]3)cc2)n(CCC(C)C)n1. The number of nitrogens with one attached hydrogen (secondary N) is 1. The molecule has 0 unspecified atom stereocenters. The van der Waals surface area contributed by atoms with Gasteiger partial charge >= 0.3 is 5.92 Å². The van der Waals surface area contributed by atoms with E-state index < -0.39 is 5.92 Å². The topological polar surface area (TPSA) is 85.2 Å². The Bertz CT molecular complexity index is 1200. The summed E-state index contributed by atoms with van der Waals surface area (Å²) in [5.41, 5.74) is 3.88. The van der Waals surface area contributed by atoms with Crippen LogP contribution in [0.4, 0.5) is 8.78 Å². The first-order valence-corrected chi connectivity index (χ1v) is 11.6. The van der Waals surface area contributed by atoms with E-state index in [9.17, 15) is 8.78 Å². The molecule has 4 aromatic rings. The molecule has 0 spiro atoms. The second-order valence-corrected chi connectivity index (χ2v) is 8.88. The summed E-state index contributed by atoms with van der Waals surface area (Å²) >= 11 is 0. The van der Waals surface area contributed by atoms with Gasteiger partial charge in [0.15, 0.2) is 5.82 Å². The molecule has 0 aliphatic rings. The number of halogens is 2. The van der Waals surface area contributed by atoms with E-state index in [0.29, 0.717) is 37.0 Å². The van der Waals surface area contributed by atoms with Crippen molar-refractivity contribution in [2.45, 2.75) is 58.9 Å². The maximum Gasteiger partial charge on any atom is 0.308 e. The van der Waals surface area contributed by atoms with Crippen LogP contribution in [0.5, 0.6) is 0 Å². The van der Waals surface area contributed by atoms with E-state index in [1.807, 2.05) is 48.5 Å². The Morgan fingerprint density at radius 1 is 1.03 bits per heavy atom. The first-order valence-electron chi connectivity index (χ1n) is 11.6. The van der Waals surface area contributed by atoms with Gasteiger partial charge in [-0.15, -0.1) is 10.2 Å². The van der Waals surface area contributed by atoms with Gasteiger partial charge in [0.2, 0.25) is 5.82 Å². The highest BCUT2D eigenvalue weighted by atomic mass is 19.3. The van der Waals surface area contributed by atoms with E-state index in [1.54, 1.807) is 11.6 Å². The molecule has 9 heteroatoms. The number of hydrogen-bond donors (Lipinski definition) is 1. The van der Waals surface area contributed by atoms with Crippen molar-refractivity contribution in [3.63, 3.8) is 0 Å². The average molecular weight is 466 g/mol. The van der Waals surface area contributed by atoms with Crippen LogP contribution in [0, 0.1) is 5.92 Å². The summed E-state index contributed by atoms with van der Waals surface area (Å²) in [5, 5.41) is 18.4. The van der Waals surface area contributed by atoms with Gasteiger partial charge in [-0.25, -0.2) is 14.8 Å². The monoisotopic (exact) mass is 465 g/mol. The highest BCUT2D eigenvalue weighted by Crippen LogP contribution is 2.32. The fourth-order valence-corrected chi connectivity index (χ4v) is 3.84. The van der Waals surface area contributed by atoms with Crippen LogP contribution in [-0.2, 0) is 18.9 Å². The zero-order valence-electron chi connectivity index (χ0n) is 19.7. The lowest BCUT2D eigenvalue weighted by atomic mass is 9.98. The molecule has 2 aromatic carbocycles. The lowest BCUT2D eigenvalue weighted by Crippen LogP contribution is -2.16. The summed E-state index contributed by atoms with van der Waals surface area (Å²) in [4.78, 5) is 4.28. The number of hydrogen-bond acceptors (Lipinski definition) is 5. The van der Waals surface area contributed by atoms with Crippen molar-refractivity contribution in [2.75, 3.05) is 0 Å². The summed E-state index contributed by atoms with van der Waals surface area (Å²) in [5.74, 6) is -1.80. The quantitative estimate of drug-likeness (QED) is 0.327. The van der Waals surface area contributed by atoms with Crippen molar-refractivity contribution in [1.82, 2.24) is 35.4 Å². The fraction of sp³-hybridized carbons (Fsp3) is 0.400. The minimum absolute atomic E-state index is 0.255. The fourth-order valence-electron chi connectivity index (χ4n) is 3.84. The molecule has 0 aliphatic carbocycles.